The fourth-order valence-electron chi connectivity index (χ4n) is 3.94. The molecule has 0 N–H and O–H groups in total. The highest BCUT2D eigenvalue weighted by molar-refractivity contribution is 5.95. The summed E-state index contributed by atoms with van der Waals surface area (Å²) in [6.07, 6.45) is 4.67. The largest absolute Gasteiger partial charge is 0.336 e. The minimum Gasteiger partial charge on any atom is -0.336 e. The smallest absolute Gasteiger partial charge is 0.254 e. The maximum absolute atomic E-state index is 13.0. The van der Waals surface area contributed by atoms with E-state index in [1.807, 2.05) is 31.2 Å². The number of amides is 1. The zero-order valence-electron chi connectivity index (χ0n) is 15.2. The number of likely N-dealkylation sites (N-methyl/N-ethyl adjacent to an activating group) is 1. The molecule has 0 aliphatic carbocycles. The van der Waals surface area contributed by atoms with Gasteiger partial charge in [-0.25, -0.2) is 0 Å². The van der Waals surface area contributed by atoms with Crippen molar-refractivity contribution < 1.29 is 4.79 Å². The molecule has 4 nitrogen and oxygen atoms in total. The summed E-state index contributed by atoms with van der Waals surface area (Å²) in [7, 11) is 2.20. The highest BCUT2D eigenvalue weighted by atomic mass is 16.2. The molecule has 3 rings (SSSR count). The third-order valence-electron chi connectivity index (χ3n) is 5.64. The Morgan fingerprint density at radius 2 is 1.83 bits per heavy atom. The van der Waals surface area contributed by atoms with Gasteiger partial charge >= 0.3 is 0 Å². The van der Waals surface area contributed by atoms with Gasteiger partial charge in [-0.05, 0) is 51.3 Å². The van der Waals surface area contributed by atoms with Crippen molar-refractivity contribution in [3.63, 3.8) is 0 Å². The molecule has 2 aliphatic heterocycles. The molecule has 0 saturated carbocycles. The SMILES string of the molecule is Cc1ccccc1C(=O)N1CCCC[C@H]1CCN1CCN(C)CC1. The summed E-state index contributed by atoms with van der Waals surface area (Å²) in [5.41, 5.74) is 1.97. The molecule has 0 aromatic heterocycles. The van der Waals surface area contributed by atoms with Crippen LogP contribution in [0.4, 0.5) is 0 Å². The number of benzene rings is 1. The van der Waals surface area contributed by atoms with Crippen molar-refractivity contribution in [1.29, 1.82) is 0 Å². The van der Waals surface area contributed by atoms with Crippen LogP contribution in [0, 0.1) is 6.92 Å². The lowest BCUT2D eigenvalue weighted by atomic mass is 9.97. The van der Waals surface area contributed by atoms with Crippen LogP contribution in [0.3, 0.4) is 0 Å². The summed E-state index contributed by atoms with van der Waals surface area (Å²) in [5.74, 6) is 0.233. The summed E-state index contributed by atoms with van der Waals surface area (Å²) in [6, 6.07) is 8.40. The van der Waals surface area contributed by atoms with E-state index in [1.165, 1.54) is 6.42 Å². The Labute approximate surface area is 146 Å². The van der Waals surface area contributed by atoms with Crippen molar-refractivity contribution in [3.05, 3.63) is 35.4 Å². The van der Waals surface area contributed by atoms with E-state index in [4.69, 9.17) is 0 Å². The van der Waals surface area contributed by atoms with E-state index < -0.39 is 0 Å². The Kier molecular flexibility index (Phi) is 5.90. The molecule has 1 amide bonds. The molecule has 132 valence electrons. The van der Waals surface area contributed by atoms with Crippen molar-refractivity contribution in [3.8, 4) is 0 Å². The number of carbonyl (C=O) groups excluding carboxylic acids is 1. The molecule has 0 unspecified atom stereocenters. The van der Waals surface area contributed by atoms with Crippen LogP contribution in [0.15, 0.2) is 24.3 Å². The van der Waals surface area contributed by atoms with E-state index in [1.54, 1.807) is 0 Å². The molecule has 2 heterocycles. The first-order valence-electron chi connectivity index (χ1n) is 9.42. The van der Waals surface area contributed by atoms with Crippen LogP contribution in [0.25, 0.3) is 0 Å². The molecule has 0 bridgehead atoms. The zero-order chi connectivity index (χ0) is 16.9. The van der Waals surface area contributed by atoms with Crippen molar-refractivity contribution >= 4 is 5.91 Å². The van der Waals surface area contributed by atoms with E-state index in [0.717, 1.165) is 69.7 Å². The molecule has 4 heteroatoms. The Morgan fingerprint density at radius 1 is 1.08 bits per heavy atom. The van der Waals surface area contributed by atoms with E-state index in [-0.39, 0.29) is 5.91 Å². The normalized spacial score (nSPS) is 23.4. The maximum atomic E-state index is 13.0. The Bertz CT molecular complexity index is 552. The lowest BCUT2D eigenvalue weighted by molar-refractivity contribution is 0.0569. The van der Waals surface area contributed by atoms with Crippen LogP contribution in [0.1, 0.15) is 41.6 Å². The number of piperidine rings is 1. The predicted molar refractivity (Wildman–Crippen MR) is 98.4 cm³/mol. The number of hydrogen-bond donors (Lipinski definition) is 0. The number of carbonyl (C=O) groups is 1. The number of likely N-dealkylation sites (tertiary alicyclic amines) is 1. The molecule has 2 saturated heterocycles. The average molecular weight is 329 g/mol. The van der Waals surface area contributed by atoms with Gasteiger partial charge in [-0.15, -0.1) is 0 Å². The summed E-state index contributed by atoms with van der Waals surface area (Å²) in [4.78, 5) is 20.1. The minimum absolute atomic E-state index is 0.233. The number of hydrogen-bond acceptors (Lipinski definition) is 3. The monoisotopic (exact) mass is 329 g/mol. The molecule has 2 fully saturated rings. The molecule has 1 aromatic carbocycles. The van der Waals surface area contributed by atoms with Gasteiger partial charge in [-0.2, -0.15) is 0 Å². The van der Waals surface area contributed by atoms with Crippen LogP contribution in [0.2, 0.25) is 0 Å². The van der Waals surface area contributed by atoms with Gasteiger partial charge in [0, 0.05) is 50.9 Å². The standard InChI is InChI=1S/C20H31N3O/c1-17-7-3-4-9-19(17)20(24)23-11-6-5-8-18(23)10-12-22-15-13-21(2)14-16-22/h3-4,7,9,18H,5-6,8,10-16H2,1-2H3/t18-/m0/s1. The van der Waals surface area contributed by atoms with Crippen molar-refractivity contribution in [2.24, 2.45) is 0 Å². The third-order valence-corrected chi connectivity index (χ3v) is 5.64. The van der Waals surface area contributed by atoms with Gasteiger partial charge in [0.2, 0.25) is 0 Å². The molecular formula is C20H31N3O. The number of nitrogens with zero attached hydrogens (tertiary/aromatic N) is 3. The summed E-state index contributed by atoms with van der Waals surface area (Å²) in [6.45, 7) is 8.73. The molecule has 24 heavy (non-hydrogen) atoms. The van der Waals surface area contributed by atoms with E-state index >= 15 is 0 Å². The lowest BCUT2D eigenvalue weighted by Crippen LogP contribution is -2.48. The molecular weight excluding hydrogens is 298 g/mol. The number of rotatable bonds is 4. The zero-order valence-corrected chi connectivity index (χ0v) is 15.2. The average Bonchev–Trinajstić information content (AvgIpc) is 2.61. The Hall–Kier alpha value is -1.39. The van der Waals surface area contributed by atoms with E-state index in [2.05, 4.69) is 21.7 Å². The predicted octanol–water partition coefficient (Wildman–Crippen LogP) is 2.63. The van der Waals surface area contributed by atoms with Crippen molar-refractivity contribution in [1.82, 2.24) is 14.7 Å². The third kappa shape index (κ3) is 4.17. The van der Waals surface area contributed by atoms with Gasteiger partial charge in [0.05, 0.1) is 0 Å². The molecule has 0 radical (unpaired) electrons. The second kappa shape index (κ2) is 8.13. The summed E-state index contributed by atoms with van der Waals surface area (Å²) in [5, 5.41) is 0. The van der Waals surface area contributed by atoms with Crippen LogP contribution < -0.4 is 0 Å². The lowest BCUT2D eigenvalue weighted by Gasteiger charge is -2.38. The highest BCUT2D eigenvalue weighted by Gasteiger charge is 2.28. The first kappa shape index (κ1) is 17.4. The van der Waals surface area contributed by atoms with Gasteiger partial charge in [0.1, 0.15) is 0 Å². The Balaban J connectivity index is 1.61. The second-order valence-corrected chi connectivity index (χ2v) is 7.40. The van der Waals surface area contributed by atoms with Crippen LogP contribution in [0.5, 0.6) is 0 Å². The first-order valence-corrected chi connectivity index (χ1v) is 9.42. The van der Waals surface area contributed by atoms with Crippen molar-refractivity contribution in [2.75, 3.05) is 46.3 Å². The summed E-state index contributed by atoms with van der Waals surface area (Å²) < 4.78 is 0. The second-order valence-electron chi connectivity index (χ2n) is 7.40. The molecule has 1 aromatic rings. The topological polar surface area (TPSA) is 26.8 Å². The minimum atomic E-state index is 0.233. The van der Waals surface area contributed by atoms with Gasteiger partial charge in [0.15, 0.2) is 0 Å². The number of aryl methyl sites for hydroxylation is 1. The quantitative estimate of drug-likeness (QED) is 0.850. The van der Waals surface area contributed by atoms with Gasteiger partial charge < -0.3 is 14.7 Å². The van der Waals surface area contributed by atoms with Crippen molar-refractivity contribution in [2.45, 2.75) is 38.6 Å². The molecule has 1 atom stereocenters. The van der Waals surface area contributed by atoms with E-state index in [0.29, 0.717) is 6.04 Å². The highest BCUT2D eigenvalue weighted by Crippen LogP contribution is 2.23. The maximum Gasteiger partial charge on any atom is 0.254 e. The van der Waals surface area contributed by atoms with Crippen LogP contribution in [-0.4, -0.2) is 73.0 Å². The van der Waals surface area contributed by atoms with Gasteiger partial charge in [0.25, 0.3) is 5.91 Å². The number of piperazine rings is 1. The fourth-order valence-corrected chi connectivity index (χ4v) is 3.94. The van der Waals surface area contributed by atoms with Crippen LogP contribution in [-0.2, 0) is 0 Å². The first-order chi connectivity index (χ1) is 11.6. The molecule has 0 spiro atoms. The molecule has 2 aliphatic rings. The van der Waals surface area contributed by atoms with E-state index in [9.17, 15) is 4.79 Å². The summed E-state index contributed by atoms with van der Waals surface area (Å²) >= 11 is 0. The fraction of sp³-hybridized carbons (Fsp3) is 0.650. The Morgan fingerprint density at radius 3 is 2.58 bits per heavy atom. The van der Waals surface area contributed by atoms with Crippen LogP contribution >= 0.6 is 0 Å². The van der Waals surface area contributed by atoms with Gasteiger partial charge in [-0.1, -0.05) is 18.2 Å². The van der Waals surface area contributed by atoms with Gasteiger partial charge in [-0.3, -0.25) is 4.79 Å².